The van der Waals surface area contributed by atoms with Crippen molar-refractivity contribution >= 4 is 52.2 Å². The molecular weight excluding hydrogens is 367 g/mol. The molecule has 3 aromatic rings. The first-order valence-corrected chi connectivity index (χ1v) is 8.61. The second-order valence-corrected chi connectivity index (χ2v) is 6.55. The molecule has 0 spiro atoms. The van der Waals surface area contributed by atoms with Gasteiger partial charge in [0.15, 0.2) is 0 Å². The number of H-pyrrole nitrogens is 1. The van der Waals surface area contributed by atoms with E-state index in [1.165, 1.54) is 11.3 Å². The van der Waals surface area contributed by atoms with Crippen LogP contribution in [-0.4, -0.2) is 29.0 Å². The highest BCUT2D eigenvalue weighted by molar-refractivity contribution is 7.09. The van der Waals surface area contributed by atoms with Gasteiger partial charge < -0.3 is 16.0 Å². The summed E-state index contributed by atoms with van der Waals surface area (Å²) in [5.74, 6) is -0.151. The van der Waals surface area contributed by atoms with E-state index in [1.54, 1.807) is 5.38 Å². The molecule has 0 bridgehead atoms. The Balaban J connectivity index is 0.00000208. The molecule has 4 N–H and O–H groups in total. The van der Waals surface area contributed by atoms with E-state index in [0.717, 1.165) is 27.9 Å². The molecule has 0 aliphatic carbocycles. The third kappa shape index (κ3) is 4.27. The summed E-state index contributed by atoms with van der Waals surface area (Å²) in [6.45, 7) is 1.08. The zero-order valence-corrected chi connectivity index (χ0v) is 15.2. The third-order valence-corrected chi connectivity index (χ3v) is 4.70. The summed E-state index contributed by atoms with van der Waals surface area (Å²) in [6.07, 6.45) is 3.38. The van der Waals surface area contributed by atoms with Gasteiger partial charge in [-0.2, -0.15) is 0 Å². The maximum Gasteiger partial charge on any atom is 0.270 e. The molecule has 0 unspecified atom stereocenters. The number of halogens is 2. The van der Waals surface area contributed by atoms with Gasteiger partial charge in [0.05, 0.1) is 5.01 Å². The number of rotatable bonds is 6. The quantitative estimate of drug-likeness (QED) is 0.610. The first kappa shape index (κ1) is 18.7. The van der Waals surface area contributed by atoms with Gasteiger partial charge in [-0.25, -0.2) is 4.98 Å². The molecule has 0 atom stereocenters. The summed E-state index contributed by atoms with van der Waals surface area (Å²) in [4.78, 5) is 19.6. The Morgan fingerprint density at radius 3 is 3.00 bits per heavy atom. The maximum absolute atomic E-state index is 12.1. The van der Waals surface area contributed by atoms with Crippen molar-refractivity contribution in [2.24, 2.45) is 5.73 Å². The number of carbonyl (C=O) groups is 1. The lowest BCUT2D eigenvalue weighted by molar-refractivity contribution is 0.0949. The number of thiazole rings is 1. The molecule has 0 fully saturated rings. The Hall–Kier alpha value is -1.60. The molecule has 0 aliphatic heterocycles. The number of amides is 1. The number of nitrogens with two attached hydrogens (primary N) is 1. The highest BCUT2D eigenvalue weighted by Gasteiger charge is 2.10. The zero-order chi connectivity index (χ0) is 16.2. The minimum absolute atomic E-state index is 0. The van der Waals surface area contributed by atoms with Crippen molar-refractivity contribution in [1.29, 1.82) is 0 Å². The smallest absolute Gasteiger partial charge is 0.270 e. The van der Waals surface area contributed by atoms with Gasteiger partial charge in [0.2, 0.25) is 0 Å². The van der Waals surface area contributed by atoms with Crippen LogP contribution in [0, 0.1) is 0 Å². The van der Waals surface area contributed by atoms with E-state index in [-0.39, 0.29) is 18.3 Å². The molecule has 8 heteroatoms. The average molecular weight is 385 g/mol. The molecule has 1 aromatic carbocycles. The van der Waals surface area contributed by atoms with Crippen molar-refractivity contribution in [3.63, 3.8) is 0 Å². The third-order valence-electron chi connectivity index (χ3n) is 3.55. The second-order valence-electron chi connectivity index (χ2n) is 5.17. The van der Waals surface area contributed by atoms with E-state index in [4.69, 9.17) is 17.3 Å². The lowest BCUT2D eigenvalue weighted by atomic mass is 10.1. The minimum Gasteiger partial charge on any atom is -0.361 e. The lowest BCUT2D eigenvalue weighted by Crippen LogP contribution is -2.26. The van der Waals surface area contributed by atoms with Crippen molar-refractivity contribution < 1.29 is 4.79 Å². The van der Waals surface area contributed by atoms with Crippen LogP contribution in [-0.2, 0) is 12.8 Å². The Labute approximate surface area is 155 Å². The van der Waals surface area contributed by atoms with Gasteiger partial charge in [-0.3, -0.25) is 4.79 Å². The first-order valence-electron chi connectivity index (χ1n) is 7.35. The number of benzene rings is 1. The van der Waals surface area contributed by atoms with Crippen LogP contribution in [0.2, 0.25) is 5.02 Å². The van der Waals surface area contributed by atoms with Crippen molar-refractivity contribution in [1.82, 2.24) is 15.3 Å². The van der Waals surface area contributed by atoms with Crippen LogP contribution in [0.5, 0.6) is 0 Å². The molecule has 128 valence electrons. The van der Waals surface area contributed by atoms with E-state index in [9.17, 15) is 4.79 Å². The van der Waals surface area contributed by atoms with Crippen LogP contribution in [0.3, 0.4) is 0 Å². The fraction of sp³-hybridized carbons (Fsp3) is 0.250. The van der Waals surface area contributed by atoms with Crippen molar-refractivity contribution in [3.05, 3.63) is 51.1 Å². The molecule has 0 radical (unpaired) electrons. The van der Waals surface area contributed by atoms with E-state index in [1.807, 2.05) is 24.4 Å². The second kappa shape index (κ2) is 8.48. The van der Waals surface area contributed by atoms with Crippen LogP contribution in [0.4, 0.5) is 0 Å². The number of nitrogens with zero attached hydrogens (tertiary/aromatic N) is 1. The molecule has 1 amide bonds. The van der Waals surface area contributed by atoms with Crippen molar-refractivity contribution in [2.45, 2.75) is 12.8 Å². The van der Waals surface area contributed by atoms with Crippen LogP contribution < -0.4 is 11.1 Å². The van der Waals surface area contributed by atoms with Gasteiger partial charge >= 0.3 is 0 Å². The fourth-order valence-corrected chi connectivity index (χ4v) is 3.38. The van der Waals surface area contributed by atoms with Gasteiger partial charge in [0.25, 0.3) is 5.91 Å². The van der Waals surface area contributed by atoms with Crippen molar-refractivity contribution in [3.8, 4) is 0 Å². The Bertz CT molecular complexity index is 830. The first-order chi connectivity index (χ1) is 11.2. The summed E-state index contributed by atoms with van der Waals surface area (Å²) in [7, 11) is 0. The summed E-state index contributed by atoms with van der Waals surface area (Å²) >= 11 is 7.51. The predicted molar refractivity (Wildman–Crippen MR) is 101 cm³/mol. The van der Waals surface area contributed by atoms with Gasteiger partial charge in [-0.15, -0.1) is 23.7 Å². The summed E-state index contributed by atoms with van der Waals surface area (Å²) in [6, 6.07) is 5.74. The molecule has 0 saturated heterocycles. The van der Waals surface area contributed by atoms with E-state index in [0.29, 0.717) is 30.2 Å². The number of fused-ring (bicyclic) bond motifs is 1. The van der Waals surface area contributed by atoms with Crippen LogP contribution in [0.15, 0.2) is 29.8 Å². The molecule has 0 saturated carbocycles. The van der Waals surface area contributed by atoms with E-state index in [2.05, 4.69) is 15.3 Å². The topological polar surface area (TPSA) is 83.8 Å². The molecule has 24 heavy (non-hydrogen) atoms. The zero-order valence-electron chi connectivity index (χ0n) is 12.8. The molecule has 2 heterocycles. The standard InChI is InChI=1S/C16H17ClN4OS.ClH/c17-11-1-2-13-12(7-11)10(8-20-13)4-6-19-16(22)14-9-23-15(21-14)3-5-18;/h1-2,7-9,20H,3-6,18H2,(H,19,22);1H. The van der Waals surface area contributed by atoms with E-state index < -0.39 is 0 Å². The summed E-state index contributed by atoms with van der Waals surface area (Å²) in [5, 5.41) is 7.36. The number of carbonyl (C=O) groups excluding carboxylic acids is 1. The minimum atomic E-state index is -0.151. The fourth-order valence-electron chi connectivity index (χ4n) is 2.41. The number of hydrogen-bond acceptors (Lipinski definition) is 4. The summed E-state index contributed by atoms with van der Waals surface area (Å²) < 4.78 is 0. The molecule has 5 nitrogen and oxygen atoms in total. The number of aromatic amines is 1. The van der Waals surface area contributed by atoms with Gasteiger partial charge in [0, 0.05) is 40.5 Å². The van der Waals surface area contributed by atoms with Crippen LogP contribution in [0.25, 0.3) is 10.9 Å². The monoisotopic (exact) mass is 384 g/mol. The maximum atomic E-state index is 12.1. The normalized spacial score (nSPS) is 10.6. The van der Waals surface area contributed by atoms with Gasteiger partial charge in [-0.1, -0.05) is 11.6 Å². The Morgan fingerprint density at radius 2 is 2.21 bits per heavy atom. The Morgan fingerprint density at radius 1 is 1.38 bits per heavy atom. The Kier molecular flexibility index (Phi) is 6.62. The largest absolute Gasteiger partial charge is 0.361 e. The van der Waals surface area contributed by atoms with Crippen molar-refractivity contribution in [2.75, 3.05) is 13.1 Å². The number of hydrogen-bond donors (Lipinski definition) is 3. The predicted octanol–water partition coefficient (Wildman–Crippen LogP) is 3.17. The highest BCUT2D eigenvalue weighted by atomic mass is 35.5. The summed E-state index contributed by atoms with van der Waals surface area (Å²) in [5.41, 5.74) is 8.12. The molecule has 0 aliphatic rings. The molecular formula is C16H18Cl2N4OS. The van der Waals surface area contributed by atoms with Crippen LogP contribution >= 0.6 is 35.3 Å². The van der Waals surface area contributed by atoms with Gasteiger partial charge in [0.1, 0.15) is 5.69 Å². The van der Waals surface area contributed by atoms with Crippen LogP contribution in [0.1, 0.15) is 21.1 Å². The highest BCUT2D eigenvalue weighted by Crippen LogP contribution is 2.22. The lowest BCUT2D eigenvalue weighted by Gasteiger charge is -2.03. The average Bonchev–Trinajstić information content (AvgIpc) is 3.15. The van der Waals surface area contributed by atoms with Gasteiger partial charge in [-0.05, 0) is 36.7 Å². The SMILES string of the molecule is Cl.NCCc1nc(C(=O)NCCc2c[nH]c3ccc(Cl)cc23)cs1. The number of aromatic nitrogens is 2. The molecule has 3 rings (SSSR count). The molecule has 2 aromatic heterocycles. The van der Waals surface area contributed by atoms with E-state index >= 15 is 0 Å². The number of nitrogens with one attached hydrogen (secondary N) is 2.